The van der Waals surface area contributed by atoms with Gasteiger partial charge in [0.1, 0.15) is 0 Å². The number of carboxylic acids is 1. The van der Waals surface area contributed by atoms with E-state index in [9.17, 15) is 4.79 Å². The molecule has 0 radical (unpaired) electrons. The van der Waals surface area contributed by atoms with E-state index in [-0.39, 0.29) is 0 Å². The molecule has 0 heterocycles. The van der Waals surface area contributed by atoms with Gasteiger partial charge in [-0.3, -0.25) is 4.79 Å². The summed E-state index contributed by atoms with van der Waals surface area (Å²) >= 11 is 0. The Morgan fingerprint density at radius 2 is 1.20 bits per heavy atom. The lowest BCUT2D eigenvalue weighted by molar-refractivity contribution is -0.137. The third-order valence-electron chi connectivity index (χ3n) is 3.32. The van der Waals surface area contributed by atoms with Gasteiger partial charge in [-0.25, -0.2) is 0 Å². The molecule has 0 aromatic heterocycles. The van der Waals surface area contributed by atoms with Crippen molar-refractivity contribution < 1.29 is 9.90 Å². The Hall–Kier alpha value is -1.05. The fraction of sp³-hybridized carbons (Fsp3) is 0.722. The molecule has 0 aliphatic rings. The number of hydrogen-bond donors (Lipinski definition) is 1. The number of aliphatic carboxylic acids is 1. The first kappa shape index (κ1) is 18.9. The Morgan fingerprint density at radius 3 is 1.75 bits per heavy atom. The number of carbonyl (C=O) groups is 1. The molecule has 0 rings (SSSR count). The van der Waals surface area contributed by atoms with E-state index in [0.29, 0.717) is 6.42 Å². The summed E-state index contributed by atoms with van der Waals surface area (Å²) in [5.74, 6) is -0.668. The number of hydrogen-bond acceptors (Lipinski definition) is 1. The second kappa shape index (κ2) is 16.0. The van der Waals surface area contributed by atoms with Crippen molar-refractivity contribution in [1.29, 1.82) is 0 Å². The van der Waals surface area contributed by atoms with Crippen LogP contribution in [0.25, 0.3) is 0 Å². The zero-order chi connectivity index (χ0) is 14.9. The van der Waals surface area contributed by atoms with Crippen LogP contribution >= 0.6 is 0 Å². The van der Waals surface area contributed by atoms with Crippen molar-refractivity contribution >= 4 is 5.97 Å². The molecule has 0 saturated carbocycles. The van der Waals surface area contributed by atoms with E-state index in [1.807, 2.05) is 0 Å². The summed E-state index contributed by atoms with van der Waals surface area (Å²) < 4.78 is 0. The largest absolute Gasteiger partial charge is 0.481 e. The van der Waals surface area contributed by atoms with Crippen molar-refractivity contribution in [2.24, 2.45) is 0 Å². The molecular formula is C18H32O2. The molecule has 0 amide bonds. The molecule has 116 valence electrons. The van der Waals surface area contributed by atoms with Crippen molar-refractivity contribution in [3.05, 3.63) is 24.3 Å². The van der Waals surface area contributed by atoms with Crippen LogP contribution in [0.2, 0.25) is 0 Å². The van der Waals surface area contributed by atoms with E-state index in [1.165, 1.54) is 51.4 Å². The van der Waals surface area contributed by atoms with E-state index >= 15 is 0 Å². The minimum absolute atomic E-state index is 0.327. The maximum atomic E-state index is 10.3. The highest BCUT2D eigenvalue weighted by atomic mass is 16.4. The highest BCUT2D eigenvalue weighted by Crippen LogP contribution is 2.08. The van der Waals surface area contributed by atoms with E-state index in [2.05, 4.69) is 31.2 Å². The van der Waals surface area contributed by atoms with E-state index in [4.69, 9.17) is 5.11 Å². The topological polar surface area (TPSA) is 37.3 Å². The van der Waals surface area contributed by atoms with Crippen LogP contribution in [0, 0.1) is 0 Å². The van der Waals surface area contributed by atoms with Crippen LogP contribution in [0.4, 0.5) is 0 Å². The Balaban J connectivity index is 3.12. The molecule has 2 heteroatoms. The summed E-state index contributed by atoms with van der Waals surface area (Å²) in [4.78, 5) is 10.3. The molecule has 0 aromatic rings. The summed E-state index contributed by atoms with van der Waals surface area (Å²) in [7, 11) is 0. The van der Waals surface area contributed by atoms with E-state index < -0.39 is 5.97 Å². The minimum Gasteiger partial charge on any atom is -0.481 e. The Bertz CT molecular complexity index is 267. The third-order valence-corrected chi connectivity index (χ3v) is 3.32. The number of rotatable bonds is 14. The van der Waals surface area contributed by atoms with Gasteiger partial charge in [-0.05, 0) is 51.4 Å². The Labute approximate surface area is 125 Å². The normalized spacial score (nSPS) is 11.7. The van der Waals surface area contributed by atoms with Gasteiger partial charge in [0.05, 0.1) is 0 Å². The predicted octanol–water partition coefficient (Wildman–Crippen LogP) is 5.88. The molecule has 0 atom stereocenters. The predicted molar refractivity (Wildman–Crippen MR) is 87.0 cm³/mol. The van der Waals surface area contributed by atoms with E-state index in [1.54, 1.807) is 0 Å². The van der Waals surface area contributed by atoms with Gasteiger partial charge in [-0.15, -0.1) is 0 Å². The van der Waals surface area contributed by atoms with Crippen LogP contribution in [-0.2, 0) is 4.79 Å². The van der Waals surface area contributed by atoms with Gasteiger partial charge < -0.3 is 5.11 Å². The summed E-state index contributed by atoms with van der Waals surface area (Å²) in [5.41, 5.74) is 0. The molecular weight excluding hydrogens is 248 g/mol. The van der Waals surface area contributed by atoms with Gasteiger partial charge in [0.25, 0.3) is 0 Å². The van der Waals surface area contributed by atoms with Gasteiger partial charge in [0, 0.05) is 6.42 Å². The molecule has 0 spiro atoms. The van der Waals surface area contributed by atoms with Gasteiger partial charge in [0.2, 0.25) is 0 Å². The van der Waals surface area contributed by atoms with Gasteiger partial charge in [-0.1, -0.05) is 50.5 Å². The Kier molecular flexibility index (Phi) is 15.2. The molecule has 0 unspecified atom stereocenters. The van der Waals surface area contributed by atoms with Crippen LogP contribution in [0.3, 0.4) is 0 Å². The minimum atomic E-state index is -0.668. The highest BCUT2D eigenvalue weighted by Gasteiger charge is 1.95. The maximum absolute atomic E-state index is 10.3. The number of unbranched alkanes of at least 4 members (excludes halogenated alkanes) is 8. The van der Waals surface area contributed by atoms with Crippen molar-refractivity contribution in [2.45, 2.75) is 84.0 Å². The van der Waals surface area contributed by atoms with Crippen LogP contribution in [-0.4, -0.2) is 11.1 Å². The molecule has 0 saturated heterocycles. The average Bonchev–Trinajstić information content (AvgIpc) is 2.43. The standard InChI is InChI=1S/C18H32O2/c1-2-3-4-5-6-7-8-9-10-11-12-13-14-15-16-17-18(19)20/h3-4,9-10H,2,5-8,11-17H2,1H3,(H,19,20)/b4-3-,10-9-. The number of carboxylic acid groups (broad SMARTS) is 1. The zero-order valence-electron chi connectivity index (χ0n) is 13.2. The molecule has 0 fully saturated rings. The summed E-state index contributed by atoms with van der Waals surface area (Å²) in [6.07, 6.45) is 22.3. The lowest BCUT2D eigenvalue weighted by Crippen LogP contribution is -1.93. The SMILES string of the molecule is CC/C=C\CCCC/C=C\CCCCCCCC(=O)O. The second-order valence-corrected chi connectivity index (χ2v) is 5.34. The van der Waals surface area contributed by atoms with Crippen LogP contribution in [0.15, 0.2) is 24.3 Å². The summed E-state index contributed by atoms with van der Waals surface area (Å²) in [6, 6.07) is 0. The molecule has 2 nitrogen and oxygen atoms in total. The lowest BCUT2D eigenvalue weighted by Gasteiger charge is -1.98. The van der Waals surface area contributed by atoms with Gasteiger partial charge in [0.15, 0.2) is 0 Å². The molecule has 20 heavy (non-hydrogen) atoms. The van der Waals surface area contributed by atoms with Crippen molar-refractivity contribution in [3.8, 4) is 0 Å². The van der Waals surface area contributed by atoms with Crippen molar-refractivity contribution in [1.82, 2.24) is 0 Å². The molecule has 0 aromatic carbocycles. The average molecular weight is 280 g/mol. The van der Waals surface area contributed by atoms with E-state index in [0.717, 1.165) is 19.3 Å². The first-order chi connectivity index (χ1) is 9.77. The number of allylic oxidation sites excluding steroid dienone is 4. The van der Waals surface area contributed by atoms with Crippen LogP contribution < -0.4 is 0 Å². The van der Waals surface area contributed by atoms with Crippen molar-refractivity contribution in [3.63, 3.8) is 0 Å². The zero-order valence-corrected chi connectivity index (χ0v) is 13.2. The van der Waals surface area contributed by atoms with Gasteiger partial charge >= 0.3 is 5.97 Å². The van der Waals surface area contributed by atoms with Gasteiger partial charge in [-0.2, -0.15) is 0 Å². The quantitative estimate of drug-likeness (QED) is 0.318. The third kappa shape index (κ3) is 16.9. The molecule has 0 bridgehead atoms. The fourth-order valence-corrected chi connectivity index (χ4v) is 2.11. The summed E-state index contributed by atoms with van der Waals surface area (Å²) in [6.45, 7) is 2.17. The smallest absolute Gasteiger partial charge is 0.303 e. The monoisotopic (exact) mass is 280 g/mol. The van der Waals surface area contributed by atoms with Crippen LogP contribution in [0.5, 0.6) is 0 Å². The van der Waals surface area contributed by atoms with Crippen LogP contribution in [0.1, 0.15) is 84.0 Å². The molecule has 0 aliphatic carbocycles. The Morgan fingerprint density at radius 1 is 0.750 bits per heavy atom. The fourth-order valence-electron chi connectivity index (χ4n) is 2.11. The summed E-state index contributed by atoms with van der Waals surface area (Å²) in [5, 5.41) is 8.50. The lowest BCUT2D eigenvalue weighted by atomic mass is 10.1. The molecule has 0 aliphatic heterocycles. The second-order valence-electron chi connectivity index (χ2n) is 5.34. The van der Waals surface area contributed by atoms with Crippen molar-refractivity contribution in [2.75, 3.05) is 0 Å². The first-order valence-corrected chi connectivity index (χ1v) is 8.29. The maximum Gasteiger partial charge on any atom is 0.303 e. The molecule has 1 N–H and O–H groups in total. The highest BCUT2D eigenvalue weighted by molar-refractivity contribution is 5.66. The first-order valence-electron chi connectivity index (χ1n) is 8.29.